The number of rotatable bonds is 7. The van der Waals surface area contributed by atoms with Gasteiger partial charge in [-0.05, 0) is 37.1 Å². The van der Waals surface area contributed by atoms with Crippen LogP contribution in [0.1, 0.15) is 19.4 Å². The van der Waals surface area contributed by atoms with Crippen molar-refractivity contribution in [3.8, 4) is 11.5 Å². The molecule has 0 heterocycles. The van der Waals surface area contributed by atoms with Gasteiger partial charge in [-0.1, -0.05) is 19.9 Å². The van der Waals surface area contributed by atoms with E-state index in [1.54, 1.807) is 7.11 Å². The Bertz CT molecular complexity index is 337. The first kappa shape index (κ1) is 13.8. The number of benzene rings is 1. The Balaban J connectivity index is 2.36. The molecular weight excluding hydrogens is 214 g/mol. The predicted octanol–water partition coefficient (Wildman–Crippen LogP) is 2.63. The van der Waals surface area contributed by atoms with Gasteiger partial charge in [-0.2, -0.15) is 0 Å². The number of aryl methyl sites for hydroxylation is 1. The van der Waals surface area contributed by atoms with Crippen LogP contribution >= 0.6 is 0 Å². The molecule has 0 radical (unpaired) electrons. The molecule has 3 nitrogen and oxygen atoms in total. The van der Waals surface area contributed by atoms with E-state index in [0.29, 0.717) is 12.5 Å². The van der Waals surface area contributed by atoms with Crippen molar-refractivity contribution in [1.82, 2.24) is 5.32 Å². The van der Waals surface area contributed by atoms with Gasteiger partial charge >= 0.3 is 0 Å². The highest BCUT2D eigenvalue weighted by molar-refractivity contribution is 5.42. The molecule has 1 rings (SSSR count). The number of hydrogen-bond acceptors (Lipinski definition) is 3. The Morgan fingerprint density at radius 3 is 2.65 bits per heavy atom. The molecule has 96 valence electrons. The molecule has 0 bridgehead atoms. The summed E-state index contributed by atoms with van der Waals surface area (Å²) in [5.41, 5.74) is 1.17. The van der Waals surface area contributed by atoms with E-state index in [0.717, 1.165) is 24.6 Å². The van der Waals surface area contributed by atoms with Gasteiger partial charge in [0.15, 0.2) is 11.5 Å². The number of ether oxygens (including phenoxy) is 2. The molecule has 0 fully saturated rings. The Kier molecular flexibility index (Phi) is 5.84. The zero-order valence-electron chi connectivity index (χ0n) is 11.2. The van der Waals surface area contributed by atoms with E-state index in [4.69, 9.17) is 9.47 Å². The topological polar surface area (TPSA) is 30.5 Å². The van der Waals surface area contributed by atoms with Crippen molar-refractivity contribution < 1.29 is 9.47 Å². The first-order valence-corrected chi connectivity index (χ1v) is 6.11. The van der Waals surface area contributed by atoms with Crippen LogP contribution in [-0.2, 0) is 0 Å². The summed E-state index contributed by atoms with van der Waals surface area (Å²) >= 11 is 0. The Labute approximate surface area is 104 Å². The van der Waals surface area contributed by atoms with Gasteiger partial charge in [0.1, 0.15) is 6.61 Å². The van der Waals surface area contributed by atoms with Crippen molar-refractivity contribution in [3.63, 3.8) is 0 Å². The Morgan fingerprint density at radius 2 is 2.00 bits per heavy atom. The minimum atomic E-state index is 0.659. The van der Waals surface area contributed by atoms with E-state index in [9.17, 15) is 0 Å². The van der Waals surface area contributed by atoms with Crippen LogP contribution in [0.5, 0.6) is 11.5 Å². The molecule has 0 aliphatic rings. The summed E-state index contributed by atoms with van der Waals surface area (Å²) in [7, 11) is 1.67. The van der Waals surface area contributed by atoms with Gasteiger partial charge < -0.3 is 14.8 Å². The lowest BCUT2D eigenvalue weighted by Crippen LogP contribution is -2.25. The number of hydrogen-bond donors (Lipinski definition) is 1. The maximum Gasteiger partial charge on any atom is 0.161 e. The molecule has 0 aromatic heterocycles. The first-order valence-electron chi connectivity index (χ1n) is 6.11. The van der Waals surface area contributed by atoms with Crippen LogP contribution in [0, 0.1) is 12.8 Å². The van der Waals surface area contributed by atoms with Crippen LogP contribution in [0.2, 0.25) is 0 Å². The highest BCUT2D eigenvalue weighted by Gasteiger charge is 2.03. The summed E-state index contributed by atoms with van der Waals surface area (Å²) in [6.07, 6.45) is 0. The lowest BCUT2D eigenvalue weighted by Gasteiger charge is -2.12. The second-order valence-corrected chi connectivity index (χ2v) is 4.60. The molecule has 0 aliphatic heterocycles. The Hall–Kier alpha value is -1.22. The zero-order valence-corrected chi connectivity index (χ0v) is 11.2. The van der Waals surface area contributed by atoms with Gasteiger partial charge in [0.2, 0.25) is 0 Å². The highest BCUT2D eigenvalue weighted by atomic mass is 16.5. The van der Waals surface area contributed by atoms with Crippen LogP contribution in [0.15, 0.2) is 18.2 Å². The smallest absolute Gasteiger partial charge is 0.161 e. The Morgan fingerprint density at radius 1 is 1.24 bits per heavy atom. The SMILES string of the molecule is COc1cc(C)ccc1OCCNCC(C)C. The molecule has 0 saturated carbocycles. The zero-order chi connectivity index (χ0) is 12.7. The molecule has 3 heteroatoms. The molecule has 0 saturated heterocycles. The quantitative estimate of drug-likeness (QED) is 0.739. The minimum Gasteiger partial charge on any atom is -0.493 e. The van der Waals surface area contributed by atoms with Crippen LogP contribution in [0.4, 0.5) is 0 Å². The monoisotopic (exact) mass is 237 g/mol. The second-order valence-electron chi connectivity index (χ2n) is 4.60. The summed E-state index contributed by atoms with van der Waals surface area (Å²) in [6.45, 7) is 8.96. The highest BCUT2D eigenvalue weighted by Crippen LogP contribution is 2.27. The second kappa shape index (κ2) is 7.17. The fraction of sp³-hybridized carbons (Fsp3) is 0.571. The van der Waals surface area contributed by atoms with Crippen molar-refractivity contribution >= 4 is 0 Å². The fourth-order valence-electron chi connectivity index (χ4n) is 1.52. The number of nitrogens with one attached hydrogen (secondary N) is 1. The molecule has 0 unspecified atom stereocenters. The van der Waals surface area contributed by atoms with Crippen LogP contribution in [0.3, 0.4) is 0 Å². The molecule has 0 atom stereocenters. The molecule has 0 amide bonds. The standard InChI is InChI=1S/C14H23NO2/c1-11(2)10-15-7-8-17-13-6-5-12(3)9-14(13)16-4/h5-6,9,11,15H,7-8,10H2,1-4H3. The number of methoxy groups -OCH3 is 1. The van der Waals surface area contributed by atoms with Crippen molar-refractivity contribution in [2.45, 2.75) is 20.8 Å². The normalized spacial score (nSPS) is 10.6. The molecule has 1 aromatic rings. The van der Waals surface area contributed by atoms with Gasteiger partial charge in [0, 0.05) is 6.54 Å². The van der Waals surface area contributed by atoms with Gasteiger partial charge in [0.05, 0.1) is 7.11 Å². The van der Waals surface area contributed by atoms with Crippen molar-refractivity contribution in [2.75, 3.05) is 26.8 Å². The van der Waals surface area contributed by atoms with Crippen molar-refractivity contribution in [2.24, 2.45) is 5.92 Å². The molecular formula is C14H23NO2. The van der Waals surface area contributed by atoms with Gasteiger partial charge in [-0.3, -0.25) is 0 Å². The summed E-state index contributed by atoms with van der Waals surface area (Å²) < 4.78 is 11.0. The van der Waals surface area contributed by atoms with Gasteiger partial charge in [0.25, 0.3) is 0 Å². The van der Waals surface area contributed by atoms with E-state index >= 15 is 0 Å². The fourth-order valence-corrected chi connectivity index (χ4v) is 1.52. The van der Waals surface area contributed by atoms with E-state index < -0.39 is 0 Å². The lowest BCUT2D eigenvalue weighted by atomic mass is 10.2. The first-order chi connectivity index (χ1) is 8.13. The van der Waals surface area contributed by atoms with E-state index in [1.165, 1.54) is 5.56 Å². The lowest BCUT2D eigenvalue weighted by molar-refractivity contribution is 0.290. The van der Waals surface area contributed by atoms with E-state index in [2.05, 4.69) is 19.2 Å². The molecule has 17 heavy (non-hydrogen) atoms. The van der Waals surface area contributed by atoms with Gasteiger partial charge in [-0.25, -0.2) is 0 Å². The van der Waals surface area contributed by atoms with Crippen LogP contribution in [0.25, 0.3) is 0 Å². The third kappa shape index (κ3) is 5.09. The third-order valence-electron chi connectivity index (χ3n) is 2.41. The third-order valence-corrected chi connectivity index (χ3v) is 2.41. The summed E-state index contributed by atoms with van der Waals surface area (Å²) in [4.78, 5) is 0. The van der Waals surface area contributed by atoms with E-state index in [-0.39, 0.29) is 0 Å². The van der Waals surface area contributed by atoms with Crippen molar-refractivity contribution in [3.05, 3.63) is 23.8 Å². The average molecular weight is 237 g/mol. The molecule has 0 aliphatic carbocycles. The van der Waals surface area contributed by atoms with Crippen molar-refractivity contribution in [1.29, 1.82) is 0 Å². The van der Waals surface area contributed by atoms with Crippen LogP contribution in [-0.4, -0.2) is 26.8 Å². The molecule has 1 N–H and O–H groups in total. The minimum absolute atomic E-state index is 0.659. The maximum atomic E-state index is 5.68. The van der Waals surface area contributed by atoms with Gasteiger partial charge in [-0.15, -0.1) is 0 Å². The van der Waals surface area contributed by atoms with Crippen LogP contribution < -0.4 is 14.8 Å². The summed E-state index contributed by atoms with van der Waals surface area (Å²) in [5, 5.41) is 3.34. The average Bonchev–Trinajstić information content (AvgIpc) is 2.29. The predicted molar refractivity (Wildman–Crippen MR) is 70.9 cm³/mol. The summed E-state index contributed by atoms with van der Waals surface area (Å²) in [6, 6.07) is 5.97. The molecule has 1 aromatic carbocycles. The van der Waals surface area contributed by atoms with E-state index in [1.807, 2.05) is 25.1 Å². The largest absolute Gasteiger partial charge is 0.493 e. The maximum absolute atomic E-state index is 5.68. The molecule has 0 spiro atoms. The summed E-state index contributed by atoms with van der Waals surface area (Å²) in [5.74, 6) is 2.28.